The molecule has 1 aliphatic heterocycles. The van der Waals surface area contributed by atoms with E-state index in [4.69, 9.17) is 4.74 Å². The maximum atomic E-state index is 12.1. The highest BCUT2D eigenvalue weighted by Crippen LogP contribution is 2.24. The molecule has 2 atom stereocenters. The molecule has 2 rings (SSSR count). The van der Waals surface area contributed by atoms with Gasteiger partial charge in [0.15, 0.2) is 0 Å². The average Bonchev–Trinajstić information content (AvgIpc) is 2.93. The van der Waals surface area contributed by atoms with E-state index in [1.54, 1.807) is 24.3 Å². The molecule has 1 saturated heterocycles. The molecule has 1 aromatic carbocycles. The van der Waals surface area contributed by atoms with Crippen LogP contribution < -0.4 is 4.74 Å². The highest BCUT2D eigenvalue weighted by atomic mass is 16.5. The Morgan fingerprint density at radius 3 is 2.74 bits per heavy atom. The molecule has 0 bridgehead atoms. The topological polar surface area (TPSA) is 93.1 Å². The molecule has 1 aliphatic rings. The standard InChI is InChI=1S/C16H19NO6/c1-22-12-5-3-4-10(6-12)7-13(15(19)20)17-9-11(8-14(17)18)16(21)23-2/h3-6,11,13H,7-9H2,1-2H3,(H,19,20). The minimum absolute atomic E-state index is 0.0193. The Balaban J connectivity index is 2.17. The molecular weight excluding hydrogens is 302 g/mol. The lowest BCUT2D eigenvalue weighted by Gasteiger charge is -2.24. The lowest BCUT2D eigenvalue weighted by molar-refractivity contribution is -0.148. The number of hydrogen-bond donors (Lipinski definition) is 1. The number of carbonyl (C=O) groups is 3. The molecule has 2 unspecified atom stereocenters. The fourth-order valence-corrected chi connectivity index (χ4v) is 2.71. The minimum atomic E-state index is -1.10. The summed E-state index contributed by atoms with van der Waals surface area (Å²) in [6.07, 6.45) is 0.126. The number of rotatable bonds is 6. The lowest BCUT2D eigenvalue weighted by atomic mass is 10.0. The summed E-state index contributed by atoms with van der Waals surface area (Å²) in [5, 5.41) is 9.48. The third-order valence-electron chi connectivity index (χ3n) is 3.92. The van der Waals surface area contributed by atoms with Gasteiger partial charge in [0.1, 0.15) is 11.8 Å². The van der Waals surface area contributed by atoms with Crippen molar-refractivity contribution in [1.82, 2.24) is 4.90 Å². The maximum absolute atomic E-state index is 12.1. The number of amides is 1. The van der Waals surface area contributed by atoms with Gasteiger partial charge in [-0.05, 0) is 17.7 Å². The predicted molar refractivity (Wildman–Crippen MR) is 80.0 cm³/mol. The van der Waals surface area contributed by atoms with Gasteiger partial charge in [-0.25, -0.2) is 4.79 Å². The molecular formula is C16H19NO6. The van der Waals surface area contributed by atoms with E-state index in [1.165, 1.54) is 19.1 Å². The van der Waals surface area contributed by atoms with Gasteiger partial charge in [-0.1, -0.05) is 12.1 Å². The SMILES string of the molecule is COC(=O)C1CC(=O)N(C(Cc2cccc(OC)c2)C(=O)O)C1. The molecule has 0 saturated carbocycles. The van der Waals surface area contributed by atoms with Crippen molar-refractivity contribution in [3.63, 3.8) is 0 Å². The van der Waals surface area contributed by atoms with Crippen LogP contribution >= 0.6 is 0 Å². The van der Waals surface area contributed by atoms with E-state index in [9.17, 15) is 19.5 Å². The maximum Gasteiger partial charge on any atom is 0.326 e. The van der Waals surface area contributed by atoms with Crippen molar-refractivity contribution < 1.29 is 29.0 Å². The molecule has 0 aliphatic carbocycles. The van der Waals surface area contributed by atoms with Crippen LogP contribution in [-0.2, 0) is 25.5 Å². The van der Waals surface area contributed by atoms with Crippen molar-refractivity contribution >= 4 is 17.8 Å². The van der Waals surface area contributed by atoms with E-state index in [0.29, 0.717) is 5.75 Å². The van der Waals surface area contributed by atoms with Gasteiger partial charge in [0.25, 0.3) is 0 Å². The number of ether oxygens (including phenoxy) is 2. The predicted octanol–water partition coefficient (Wildman–Crippen LogP) is 0.712. The van der Waals surface area contributed by atoms with E-state index in [0.717, 1.165) is 5.56 Å². The Labute approximate surface area is 133 Å². The summed E-state index contributed by atoms with van der Waals surface area (Å²) in [4.78, 5) is 36.5. The van der Waals surface area contributed by atoms with Gasteiger partial charge in [-0.15, -0.1) is 0 Å². The highest BCUT2D eigenvalue weighted by Gasteiger charge is 2.41. The van der Waals surface area contributed by atoms with E-state index in [-0.39, 0.29) is 25.3 Å². The first-order valence-electron chi connectivity index (χ1n) is 7.19. The van der Waals surface area contributed by atoms with Crippen molar-refractivity contribution in [2.24, 2.45) is 5.92 Å². The summed E-state index contributed by atoms with van der Waals surface area (Å²) < 4.78 is 9.76. The largest absolute Gasteiger partial charge is 0.497 e. The van der Waals surface area contributed by atoms with Crippen LogP contribution in [0.3, 0.4) is 0 Å². The summed E-state index contributed by atoms with van der Waals surface area (Å²) >= 11 is 0. The summed E-state index contributed by atoms with van der Waals surface area (Å²) in [6, 6.07) is 6.00. The molecule has 7 heteroatoms. The summed E-state index contributed by atoms with van der Waals surface area (Å²) in [6.45, 7) is 0.0619. The van der Waals surface area contributed by atoms with E-state index < -0.39 is 23.9 Å². The van der Waals surface area contributed by atoms with Crippen LogP contribution in [0.25, 0.3) is 0 Å². The summed E-state index contributed by atoms with van der Waals surface area (Å²) in [5.74, 6) is -1.94. The number of carboxylic acid groups (broad SMARTS) is 1. The normalized spacial score (nSPS) is 18.6. The van der Waals surface area contributed by atoms with Crippen LogP contribution in [0.1, 0.15) is 12.0 Å². The second-order valence-electron chi connectivity index (χ2n) is 5.38. The second-order valence-corrected chi connectivity index (χ2v) is 5.38. The molecule has 1 fully saturated rings. The first kappa shape index (κ1) is 16.8. The third kappa shape index (κ3) is 3.80. The first-order chi connectivity index (χ1) is 11.0. The molecule has 0 radical (unpaired) electrons. The van der Waals surface area contributed by atoms with Crippen molar-refractivity contribution in [2.45, 2.75) is 18.9 Å². The number of likely N-dealkylation sites (tertiary alicyclic amines) is 1. The number of aliphatic carboxylic acids is 1. The van der Waals surface area contributed by atoms with E-state index in [1.807, 2.05) is 0 Å². The number of nitrogens with zero attached hydrogens (tertiary/aromatic N) is 1. The molecule has 7 nitrogen and oxygen atoms in total. The van der Waals surface area contributed by atoms with Gasteiger partial charge in [0.05, 0.1) is 20.1 Å². The van der Waals surface area contributed by atoms with Crippen LogP contribution in [-0.4, -0.2) is 54.7 Å². The molecule has 0 aromatic heterocycles. The van der Waals surface area contributed by atoms with Crippen LogP contribution in [0, 0.1) is 5.92 Å². The van der Waals surface area contributed by atoms with Gasteiger partial charge < -0.3 is 19.5 Å². The fraction of sp³-hybridized carbons (Fsp3) is 0.438. The number of carbonyl (C=O) groups excluding carboxylic acids is 2. The van der Waals surface area contributed by atoms with Crippen molar-refractivity contribution in [1.29, 1.82) is 0 Å². The van der Waals surface area contributed by atoms with Gasteiger partial charge >= 0.3 is 11.9 Å². The van der Waals surface area contributed by atoms with Crippen LogP contribution in [0.15, 0.2) is 24.3 Å². The van der Waals surface area contributed by atoms with Gasteiger partial charge in [0.2, 0.25) is 5.91 Å². The summed E-state index contributed by atoms with van der Waals surface area (Å²) in [5.41, 5.74) is 0.742. The fourth-order valence-electron chi connectivity index (χ4n) is 2.71. The van der Waals surface area contributed by atoms with Crippen LogP contribution in [0.2, 0.25) is 0 Å². The molecule has 1 heterocycles. The molecule has 1 N–H and O–H groups in total. The lowest BCUT2D eigenvalue weighted by Crippen LogP contribution is -2.44. The van der Waals surface area contributed by atoms with Crippen molar-refractivity contribution in [2.75, 3.05) is 20.8 Å². The number of methoxy groups -OCH3 is 2. The zero-order chi connectivity index (χ0) is 17.0. The van der Waals surface area contributed by atoms with E-state index in [2.05, 4.69) is 4.74 Å². The third-order valence-corrected chi connectivity index (χ3v) is 3.92. The van der Waals surface area contributed by atoms with Gasteiger partial charge in [-0.3, -0.25) is 9.59 Å². The van der Waals surface area contributed by atoms with Gasteiger partial charge in [-0.2, -0.15) is 0 Å². The van der Waals surface area contributed by atoms with E-state index >= 15 is 0 Å². The Bertz CT molecular complexity index is 614. The number of hydrogen-bond acceptors (Lipinski definition) is 5. The first-order valence-corrected chi connectivity index (χ1v) is 7.19. The van der Waals surface area contributed by atoms with Gasteiger partial charge in [0, 0.05) is 19.4 Å². The summed E-state index contributed by atoms with van der Waals surface area (Å²) in [7, 11) is 2.78. The Hall–Kier alpha value is -2.57. The molecule has 1 amide bonds. The number of benzene rings is 1. The Kier molecular flexibility index (Phi) is 5.20. The van der Waals surface area contributed by atoms with Crippen LogP contribution in [0.5, 0.6) is 5.75 Å². The zero-order valence-corrected chi connectivity index (χ0v) is 13.0. The second kappa shape index (κ2) is 7.13. The number of carboxylic acids is 1. The highest BCUT2D eigenvalue weighted by molar-refractivity contribution is 5.90. The molecule has 23 heavy (non-hydrogen) atoms. The Morgan fingerprint density at radius 2 is 2.13 bits per heavy atom. The monoisotopic (exact) mass is 321 g/mol. The van der Waals surface area contributed by atoms with Crippen molar-refractivity contribution in [3.05, 3.63) is 29.8 Å². The molecule has 1 aromatic rings. The smallest absolute Gasteiger partial charge is 0.326 e. The van der Waals surface area contributed by atoms with Crippen LogP contribution in [0.4, 0.5) is 0 Å². The average molecular weight is 321 g/mol. The zero-order valence-electron chi connectivity index (χ0n) is 13.0. The van der Waals surface area contributed by atoms with Crippen molar-refractivity contribution in [3.8, 4) is 5.75 Å². The minimum Gasteiger partial charge on any atom is -0.497 e. The Morgan fingerprint density at radius 1 is 1.39 bits per heavy atom. The molecule has 124 valence electrons. The molecule has 0 spiro atoms. The number of esters is 1. The quantitative estimate of drug-likeness (QED) is 0.776.